The third kappa shape index (κ3) is 5.42. The first kappa shape index (κ1) is 14.3. The Morgan fingerprint density at radius 2 is 1.88 bits per heavy atom. The van der Waals surface area contributed by atoms with Gasteiger partial charge in [-0.25, -0.2) is 4.39 Å². The fourth-order valence-electron chi connectivity index (χ4n) is 1.24. The van der Waals surface area contributed by atoms with Gasteiger partial charge in [0.05, 0.1) is 0 Å². The van der Waals surface area contributed by atoms with E-state index in [0.717, 1.165) is 5.56 Å². The number of ether oxygens (including phenoxy) is 1. The van der Waals surface area contributed by atoms with Crippen molar-refractivity contribution in [3.63, 3.8) is 0 Å². The van der Waals surface area contributed by atoms with Crippen LogP contribution in [0.15, 0.2) is 48.5 Å². The van der Waals surface area contributed by atoms with Gasteiger partial charge in [-0.2, -0.15) is 6.07 Å². The SMILES string of the molecule is Fc1cc[c-]c(OCc2ccccc2)c1.[Zn+][Br]. The van der Waals surface area contributed by atoms with Crippen molar-refractivity contribution in [1.82, 2.24) is 0 Å². The molecule has 0 aromatic heterocycles. The maximum absolute atomic E-state index is 12.8. The average Bonchev–Trinajstić information content (AvgIpc) is 2.40. The van der Waals surface area contributed by atoms with Crippen LogP contribution in [-0.2, 0) is 22.9 Å². The summed E-state index contributed by atoms with van der Waals surface area (Å²) in [6, 6.07) is 16.7. The molecular weight excluding hydrogens is 336 g/mol. The summed E-state index contributed by atoms with van der Waals surface area (Å²) in [5.41, 5.74) is 1.05. The van der Waals surface area contributed by atoms with E-state index in [1.165, 1.54) is 34.5 Å². The first-order valence-corrected chi connectivity index (χ1v) is 11.9. The molecule has 0 saturated carbocycles. The van der Waals surface area contributed by atoms with Gasteiger partial charge in [0.2, 0.25) is 0 Å². The fourth-order valence-corrected chi connectivity index (χ4v) is 1.24. The summed E-state index contributed by atoms with van der Waals surface area (Å²) in [6.45, 7) is 0.431. The normalized spacial score (nSPS) is 9.18. The van der Waals surface area contributed by atoms with Crippen molar-refractivity contribution in [2.24, 2.45) is 0 Å². The van der Waals surface area contributed by atoms with Crippen molar-refractivity contribution in [1.29, 1.82) is 0 Å². The van der Waals surface area contributed by atoms with Crippen molar-refractivity contribution in [2.75, 3.05) is 0 Å². The molecule has 2 aromatic carbocycles. The van der Waals surface area contributed by atoms with Gasteiger partial charge in [0.25, 0.3) is 0 Å². The number of halogens is 2. The van der Waals surface area contributed by atoms with Crippen LogP contribution in [0.3, 0.4) is 0 Å². The Morgan fingerprint density at radius 1 is 1.18 bits per heavy atom. The molecule has 0 aliphatic rings. The predicted octanol–water partition coefficient (Wildman–Crippen LogP) is 4.05. The summed E-state index contributed by atoms with van der Waals surface area (Å²) in [4.78, 5) is 0. The zero-order valence-electron chi connectivity index (χ0n) is 9.20. The monoisotopic (exact) mass is 344 g/mol. The molecule has 0 atom stereocenters. The molecule has 1 nitrogen and oxygen atoms in total. The van der Waals surface area contributed by atoms with E-state index in [9.17, 15) is 4.39 Å². The van der Waals surface area contributed by atoms with Crippen LogP contribution in [-0.4, -0.2) is 0 Å². The third-order valence-corrected chi connectivity index (χ3v) is 1.97. The molecule has 4 heteroatoms. The van der Waals surface area contributed by atoms with Crippen molar-refractivity contribution in [3.8, 4) is 5.75 Å². The molecule has 0 heterocycles. The van der Waals surface area contributed by atoms with Gasteiger partial charge < -0.3 is 4.74 Å². The van der Waals surface area contributed by atoms with Gasteiger partial charge in [0.1, 0.15) is 6.61 Å². The number of rotatable bonds is 3. The standard InChI is InChI=1S/C13H10FO.BrH.Zn/c14-12-7-4-8-13(9-12)15-10-11-5-2-1-3-6-11;;/h1-7,9H,10H2;1H;/q-1;;+2/p-1. The molecule has 0 N–H and O–H groups in total. The first-order chi connectivity index (χ1) is 8.34. The molecular formula is C13H10BrFOZn. The van der Waals surface area contributed by atoms with Crippen molar-refractivity contribution in [3.05, 3.63) is 66.0 Å². The van der Waals surface area contributed by atoms with E-state index in [1.807, 2.05) is 30.3 Å². The van der Waals surface area contributed by atoms with Crippen molar-refractivity contribution >= 4 is 13.6 Å². The fraction of sp³-hybridized carbons (Fsp3) is 0.0769. The summed E-state index contributed by atoms with van der Waals surface area (Å²) in [6.07, 6.45) is 0. The van der Waals surface area contributed by atoms with Gasteiger partial charge in [-0.15, -0.1) is 12.1 Å². The van der Waals surface area contributed by atoms with Crippen LogP contribution in [0.5, 0.6) is 5.75 Å². The average molecular weight is 347 g/mol. The minimum absolute atomic E-state index is 0.309. The maximum atomic E-state index is 12.8. The Bertz CT molecular complexity index is 436. The molecule has 0 aliphatic heterocycles. The molecule has 0 spiro atoms. The van der Waals surface area contributed by atoms with Crippen LogP contribution < -0.4 is 4.74 Å². The van der Waals surface area contributed by atoms with Crippen molar-refractivity contribution in [2.45, 2.75) is 6.61 Å². The van der Waals surface area contributed by atoms with Gasteiger partial charge in [-0.3, -0.25) is 0 Å². The quantitative estimate of drug-likeness (QED) is 0.602. The van der Waals surface area contributed by atoms with Gasteiger partial charge in [0.15, 0.2) is 0 Å². The Hall–Kier alpha value is -0.727. The summed E-state index contributed by atoms with van der Waals surface area (Å²) >= 11 is 4.25. The zero-order chi connectivity index (χ0) is 12.5. The van der Waals surface area contributed by atoms with Gasteiger partial charge in [0, 0.05) is 11.6 Å². The Kier molecular flexibility index (Phi) is 7.06. The molecule has 2 aromatic rings. The molecule has 0 aliphatic carbocycles. The second kappa shape index (κ2) is 8.38. The minimum atomic E-state index is -0.309. The summed E-state index contributed by atoms with van der Waals surface area (Å²) in [7, 11) is 0. The molecule has 0 bridgehead atoms. The molecule has 0 saturated heterocycles. The number of benzene rings is 2. The Labute approximate surface area is 117 Å². The topological polar surface area (TPSA) is 9.23 Å². The van der Waals surface area contributed by atoms with Crippen LogP contribution in [0.2, 0.25) is 0 Å². The Morgan fingerprint density at radius 3 is 2.53 bits per heavy atom. The van der Waals surface area contributed by atoms with Gasteiger partial charge in [-0.05, 0) is 5.56 Å². The number of hydrogen-bond acceptors (Lipinski definition) is 1. The van der Waals surface area contributed by atoms with Crippen LogP contribution in [0, 0.1) is 11.9 Å². The van der Waals surface area contributed by atoms with Crippen molar-refractivity contribution < 1.29 is 25.5 Å². The van der Waals surface area contributed by atoms with Crippen LogP contribution in [0.1, 0.15) is 5.56 Å². The van der Waals surface area contributed by atoms with E-state index in [4.69, 9.17) is 4.74 Å². The molecule has 0 fully saturated rings. The van der Waals surface area contributed by atoms with E-state index >= 15 is 0 Å². The molecule has 17 heavy (non-hydrogen) atoms. The van der Waals surface area contributed by atoms with E-state index < -0.39 is 0 Å². The van der Waals surface area contributed by atoms with E-state index in [-0.39, 0.29) is 5.82 Å². The molecule has 84 valence electrons. The molecule has 2 rings (SSSR count). The van der Waals surface area contributed by atoms with Crippen LogP contribution in [0.4, 0.5) is 4.39 Å². The predicted molar refractivity (Wildman–Crippen MR) is 64.9 cm³/mol. The van der Waals surface area contributed by atoms with Gasteiger partial charge >= 0.3 is 30.0 Å². The van der Waals surface area contributed by atoms with E-state index in [1.54, 1.807) is 0 Å². The second-order valence-electron chi connectivity index (χ2n) is 3.15. The Balaban J connectivity index is 0.000000686. The zero-order valence-corrected chi connectivity index (χ0v) is 13.8. The molecule has 0 unspecified atom stereocenters. The van der Waals surface area contributed by atoms with Gasteiger partial charge in [-0.1, -0.05) is 36.4 Å². The van der Waals surface area contributed by atoms with E-state index in [2.05, 4.69) is 19.7 Å². The summed E-state index contributed by atoms with van der Waals surface area (Å²) in [5.74, 6) is 0.121. The third-order valence-electron chi connectivity index (χ3n) is 1.97. The first-order valence-electron chi connectivity index (χ1n) is 4.95. The van der Waals surface area contributed by atoms with E-state index in [0.29, 0.717) is 12.4 Å². The summed E-state index contributed by atoms with van der Waals surface area (Å²) in [5, 5.41) is 0. The summed E-state index contributed by atoms with van der Waals surface area (Å²) < 4.78 is 18.2. The molecule has 0 radical (unpaired) electrons. The van der Waals surface area contributed by atoms with Crippen LogP contribution >= 0.6 is 13.6 Å². The second-order valence-corrected chi connectivity index (χ2v) is 3.15. The number of hydrogen-bond donors (Lipinski definition) is 0. The van der Waals surface area contributed by atoms with Crippen LogP contribution in [0.25, 0.3) is 0 Å². The molecule has 0 amide bonds.